The van der Waals surface area contributed by atoms with Crippen LogP contribution in [0.3, 0.4) is 0 Å². The van der Waals surface area contributed by atoms with Crippen LogP contribution in [0.5, 0.6) is 11.5 Å². The number of methoxy groups -OCH3 is 2. The van der Waals surface area contributed by atoms with Gasteiger partial charge in [0.05, 0.1) is 25.3 Å². The average Bonchev–Trinajstić information content (AvgIpc) is 3.03. The number of benzene rings is 1. The van der Waals surface area contributed by atoms with Gasteiger partial charge in [0.25, 0.3) is 0 Å². The van der Waals surface area contributed by atoms with Crippen LogP contribution in [0.2, 0.25) is 5.02 Å². The highest BCUT2D eigenvalue weighted by Gasteiger charge is 2.15. The van der Waals surface area contributed by atoms with Crippen LogP contribution in [0.15, 0.2) is 24.5 Å². The van der Waals surface area contributed by atoms with E-state index in [4.69, 9.17) is 21.1 Å². The largest absolute Gasteiger partial charge is 0.493 e. The summed E-state index contributed by atoms with van der Waals surface area (Å²) in [6.07, 6.45) is 4.50. The van der Waals surface area contributed by atoms with Crippen molar-refractivity contribution in [3.8, 4) is 11.5 Å². The van der Waals surface area contributed by atoms with Crippen molar-refractivity contribution in [3.63, 3.8) is 0 Å². The number of hydrogen-bond acceptors (Lipinski definition) is 4. The molecule has 1 heterocycles. The Morgan fingerprint density at radius 2 is 2.14 bits per heavy atom. The highest BCUT2D eigenvalue weighted by molar-refractivity contribution is 6.33. The maximum Gasteiger partial charge on any atom is 0.179 e. The summed E-state index contributed by atoms with van der Waals surface area (Å²) in [4.78, 5) is 7.42. The molecule has 21 heavy (non-hydrogen) atoms. The van der Waals surface area contributed by atoms with Crippen molar-refractivity contribution in [3.05, 3.63) is 40.9 Å². The minimum absolute atomic E-state index is 0.157. The maximum atomic E-state index is 6.38. The summed E-state index contributed by atoms with van der Waals surface area (Å²) in [7, 11) is 3.18. The van der Waals surface area contributed by atoms with Gasteiger partial charge in [-0.3, -0.25) is 0 Å². The molecule has 114 valence electrons. The molecule has 0 spiro atoms. The second-order valence-corrected chi connectivity index (χ2v) is 4.97. The van der Waals surface area contributed by atoms with Gasteiger partial charge in [-0.2, -0.15) is 0 Å². The number of aromatic amines is 1. The van der Waals surface area contributed by atoms with Gasteiger partial charge in [-0.1, -0.05) is 24.6 Å². The molecule has 0 amide bonds. The van der Waals surface area contributed by atoms with Crippen LogP contribution in [0.1, 0.15) is 30.8 Å². The van der Waals surface area contributed by atoms with Crippen LogP contribution in [-0.4, -0.2) is 24.2 Å². The Labute approximate surface area is 129 Å². The van der Waals surface area contributed by atoms with E-state index in [1.54, 1.807) is 20.4 Å². The number of hydrogen-bond donors (Lipinski definition) is 2. The summed E-state index contributed by atoms with van der Waals surface area (Å²) in [6.45, 7) is 2.73. The van der Waals surface area contributed by atoms with Crippen LogP contribution in [-0.2, 0) is 6.54 Å². The van der Waals surface area contributed by atoms with Gasteiger partial charge >= 0.3 is 0 Å². The maximum absolute atomic E-state index is 6.38. The van der Waals surface area contributed by atoms with Crippen molar-refractivity contribution >= 4 is 11.6 Å². The fourth-order valence-electron chi connectivity index (χ4n) is 2.20. The Kier molecular flexibility index (Phi) is 5.47. The Hall–Kier alpha value is -1.72. The van der Waals surface area contributed by atoms with Crippen molar-refractivity contribution in [2.45, 2.75) is 25.9 Å². The Bertz CT molecular complexity index is 573. The molecule has 2 rings (SSSR count). The van der Waals surface area contributed by atoms with Crippen molar-refractivity contribution in [1.29, 1.82) is 0 Å². The van der Waals surface area contributed by atoms with E-state index in [0.717, 1.165) is 17.8 Å². The van der Waals surface area contributed by atoms with Crippen LogP contribution in [0.25, 0.3) is 0 Å². The molecule has 1 atom stereocenters. The van der Waals surface area contributed by atoms with Gasteiger partial charge in [-0.15, -0.1) is 0 Å². The zero-order valence-electron chi connectivity index (χ0n) is 12.4. The predicted octanol–water partition coefficient (Wildman–Crippen LogP) is 3.32. The summed E-state index contributed by atoms with van der Waals surface area (Å²) < 4.78 is 10.5. The van der Waals surface area contributed by atoms with E-state index in [-0.39, 0.29) is 6.04 Å². The van der Waals surface area contributed by atoms with Gasteiger partial charge in [0.15, 0.2) is 11.5 Å². The van der Waals surface area contributed by atoms with E-state index >= 15 is 0 Å². The topological polar surface area (TPSA) is 59.2 Å². The highest BCUT2D eigenvalue weighted by Crippen LogP contribution is 2.37. The second-order valence-electron chi connectivity index (χ2n) is 4.59. The summed E-state index contributed by atoms with van der Waals surface area (Å²) in [6, 6.07) is 3.95. The Morgan fingerprint density at radius 3 is 2.71 bits per heavy atom. The van der Waals surface area contributed by atoms with E-state index in [9.17, 15) is 0 Å². The first-order chi connectivity index (χ1) is 10.2. The standard InChI is InChI=1S/C15H20ClN3O2/c1-4-11(15-17-7-8-18-15)19-9-10-5-6-12(20-2)14(21-3)13(10)16/h5-8,11,19H,4,9H2,1-3H3,(H,17,18). The van der Waals surface area contributed by atoms with Gasteiger partial charge < -0.3 is 19.8 Å². The molecule has 1 unspecified atom stereocenters. The normalized spacial score (nSPS) is 12.2. The second kappa shape index (κ2) is 7.33. The predicted molar refractivity (Wildman–Crippen MR) is 83.0 cm³/mol. The van der Waals surface area contributed by atoms with Gasteiger partial charge in [-0.05, 0) is 18.1 Å². The fourth-order valence-corrected chi connectivity index (χ4v) is 2.50. The minimum atomic E-state index is 0.157. The lowest BCUT2D eigenvalue weighted by Crippen LogP contribution is -2.21. The van der Waals surface area contributed by atoms with Crippen LogP contribution >= 0.6 is 11.6 Å². The molecule has 0 aliphatic heterocycles. The fraction of sp³-hybridized carbons (Fsp3) is 0.400. The van der Waals surface area contributed by atoms with Crippen LogP contribution in [0, 0.1) is 0 Å². The first-order valence-electron chi connectivity index (χ1n) is 6.83. The number of aromatic nitrogens is 2. The molecule has 6 heteroatoms. The van der Waals surface area contributed by atoms with Crippen molar-refractivity contribution in [1.82, 2.24) is 15.3 Å². The third-order valence-electron chi connectivity index (χ3n) is 3.36. The number of halogens is 1. The number of H-pyrrole nitrogens is 1. The first-order valence-corrected chi connectivity index (χ1v) is 7.21. The lowest BCUT2D eigenvalue weighted by molar-refractivity contribution is 0.354. The van der Waals surface area contributed by atoms with E-state index in [1.165, 1.54) is 0 Å². The summed E-state index contributed by atoms with van der Waals surface area (Å²) in [5.41, 5.74) is 0.958. The van der Waals surface area contributed by atoms with Gasteiger partial charge in [0, 0.05) is 18.9 Å². The molecule has 5 nitrogen and oxygen atoms in total. The van der Waals surface area contributed by atoms with Gasteiger partial charge in [-0.25, -0.2) is 4.98 Å². The third kappa shape index (κ3) is 3.49. The Morgan fingerprint density at radius 1 is 1.33 bits per heavy atom. The lowest BCUT2D eigenvalue weighted by Gasteiger charge is -2.17. The third-order valence-corrected chi connectivity index (χ3v) is 3.78. The summed E-state index contributed by atoms with van der Waals surface area (Å²) >= 11 is 6.38. The molecule has 0 bridgehead atoms. The van der Waals surface area contributed by atoms with E-state index in [1.807, 2.05) is 18.3 Å². The highest BCUT2D eigenvalue weighted by atomic mass is 35.5. The number of nitrogens with zero attached hydrogens (tertiary/aromatic N) is 1. The molecule has 0 radical (unpaired) electrons. The van der Waals surface area contributed by atoms with E-state index in [2.05, 4.69) is 22.2 Å². The molecule has 0 fully saturated rings. The van der Waals surface area contributed by atoms with Crippen LogP contribution in [0.4, 0.5) is 0 Å². The quantitative estimate of drug-likeness (QED) is 0.823. The zero-order chi connectivity index (χ0) is 15.2. The molecular weight excluding hydrogens is 290 g/mol. The number of rotatable bonds is 7. The molecule has 0 saturated heterocycles. The molecule has 2 aromatic rings. The van der Waals surface area contributed by atoms with Crippen molar-refractivity contribution < 1.29 is 9.47 Å². The number of nitrogens with one attached hydrogen (secondary N) is 2. The van der Waals surface area contributed by atoms with Crippen molar-refractivity contribution in [2.24, 2.45) is 0 Å². The average molecular weight is 310 g/mol. The summed E-state index contributed by atoms with van der Waals surface area (Å²) in [5.74, 6) is 2.11. The van der Waals surface area contributed by atoms with E-state index < -0.39 is 0 Å². The van der Waals surface area contributed by atoms with Gasteiger partial charge in [0.2, 0.25) is 0 Å². The Balaban J connectivity index is 2.13. The molecule has 0 aliphatic carbocycles. The number of imidazole rings is 1. The molecule has 0 aliphatic rings. The molecule has 0 saturated carbocycles. The monoisotopic (exact) mass is 309 g/mol. The smallest absolute Gasteiger partial charge is 0.179 e. The first kappa shape index (κ1) is 15.7. The number of ether oxygens (including phenoxy) is 2. The van der Waals surface area contributed by atoms with Gasteiger partial charge in [0.1, 0.15) is 5.82 Å². The minimum Gasteiger partial charge on any atom is -0.493 e. The molecular formula is C15H20ClN3O2. The lowest BCUT2D eigenvalue weighted by atomic mass is 10.1. The van der Waals surface area contributed by atoms with E-state index in [0.29, 0.717) is 23.1 Å². The summed E-state index contributed by atoms with van der Waals surface area (Å²) in [5, 5.41) is 4.01. The molecule has 1 aromatic carbocycles. The molecule has 2 N–H and O–H groups in total. The zero-order valence-corrected chi connectivity index (χ0v) is 13.2. The van der Waals surface area contributed by atoms with Crippen LogP contribution < -0.4 is 14.8 Å². The SMILES string of the molecule is CCC(NCc1ccc(OC)c(OC)c1Cl)c1ncc[nH]1. The van der Waals surface area contributed by atoms with Crippen molar-refractivity contribution in [2.75, 3.05) is 14.2 Å². The molecule has 1 aromatic heterocycles.